The molecule has 0 atom stereocenters. The van der Waals surface area contributed by atoms with Crippen LogP contribution in [0, 0.1) is 0 Å². The summed E-state index contributed by atoms with van der Waals surface area (Å²) in [4.78, 5) is 4.09. The van der Waals surface area contributed by atoms with Gasteiger partial charge in [-0.15, -0.1) is 0 Å². The van der Waals surface area contributed by atoms with Gasteiger partial charge >= 0.3 is 0 Å². The molecular weight excluding hydrogens is 266 g/mol. The Morgan fingerprint density at radius 3 is 2.29 bits per heavy atom. The minimum absolute atomic E-state index is 0.559. The third-order valence-corrected chi connectivity index (χ3v) is 4.80. The molecule has 0 bridgehead atoms. The fourth-order valence-electron chi connectivity index (χ4n) is 0.922. The van der Waals surface area contributed by atoms with Crippen LogP contribution in [0.15, 0.2) is 22.8 Å². The van der Waals surface area contributed by atoms with Crippen molar-refractivity contribution in [3.05, 3.63) is 28.5 Å². The Morgan fingerprint density at radius 1 is 1.36 bits per heavy atom. The third-order valence-electron chi connectivity index (χ3n) is 2.27. The van der Waals surface area contributed by atoms with E-state index in [0.717, 1.165) is 4.47 Å². The van der Waals surface area contributed by atoms with Crippen molar-refractivity contribution in [1.29, 1.82) is 0 Å². The molecule has 78 valence electrons. The second kappa shape index (κ2) is 3.62. The maximum atomic E-state index is 11.5. The van der Waals surface area contributed by atoms with Gasteiger partial charge in [-0.3, -0.25) is 4.98 Å². The summed E-state index contributed by atoms with van der Waals surface area (Å²) in [7, 11) is -3.15. The molecule has 0 amide bonds. The van der Waals surface area contributed by atoms with Gasteiger partial charge in [0.15, 0.2) is 9.84 Å². The average Bonchev–Trinajstić information content (AvgIpc) is 2.03. The largest absolute Gasteiger partial charge is 0.258 e. The summed E-state index contributed by atoms with van der Waals surface area (Å²) < 4.78 is 22.9. The number of hydrogen-bond donors (Lipinski definition) is 0. The van der Waals surface area contributed by atoms with E-state index in [9.17, 15) is 8.42 Å². The molecule has 0 aliphatic carbocycles. The number of nitrogens with zero attached hydrogens (tertiary/aromatic N) is 1. The van der Waals surface area contributed by atoms with Gasteiger partial charge in [0.25, 0.3) is 0 Å². The number of hydrogen-bond acceptors (Lipinski definition) is 3. The predicted octanol–water partition coefficient (Wildman–Crippen LogP) is 2.12. The summed E-state index contributed by atoms with van der Waals surface area (Å²) in [5.74, 6) is 0. The van der Waals surface area contributed by atoms with Crippen molar-refractivity contribution in [2.75, 3.05) is 6.26 Å². The third kappa shape index (κ3) is 2.15. The molecule has 1 rings (SSSR count). The molecule has 0 spiro atoms. The van der Waals surface area contributed by atoms with E-state index in [1.54, 1.807) is 32.2 Å². The number of halogens is 1. The van der Waals surface area contributed by atoms with Gasteiger partial charge in [-0.2, -0.15) is 0 Å². The van der Waals surface area contributed by atoms with Crippen molar-refractivity contribution in [3.8, 4) is 0 Å². The Labute approximate surface area is 92.6 Å². The van der Waals surface area contributed by atoms with Gasteiger partial charge in [0, 0.05) is 16.9 Å². The Hall–Kier alpha value is -0.420. The molecule has 1 aromatic rings. The van der Waals surface area contributed by atoms with Crippen LogP contribution in [0.1, 0.15) is 19.5 Å². The topological polar surface area (TPSA) is 47.0 Å². The fourth-order valence-corrected chi connectivity index (χ4v) is 1.66. The molecule has 0 unspecified atom stereocenters. The molecule has 1 heterocycles. The van der Waals surface area contributed by atoms with Crippen molar-refractivity contribution < 1.29 is 8.42 Å². The second-order valence-electron chi connectivity index (χ2n) is 3.64. The summed E-state index contributed by atoms with van der Waals surface area (Å²) in [5.41, 5.74) is 0.559. The molecule has 0 radical (unpaired) electrons. The van der Waals surface area contributed by atoms with Crippen molar-refractivity contribution in [1.82, 2.24) is 4.98 Å². The summed E-state index contributed by atoms with van der Waals surface area (Å²) in [6, 6.07) is 3.50. The highest BCUT2D eigenvalue weighted by atomic mass is 79.9. The standard InChI is InChI=1S/C9H12BrNO2S/c1-9(2,14(3,12)13)8-5-4-7(10)6-11-8/h4-6H,1-3H3. The lowest BCUT2D eigenvalue weighted by atomic mass is 10.1. The Balaban J connectivity index is 3.24. The molecule has 0 aliphatic heterocycles. The summed E-state index contributed by atoms with van der Waals surface area (Å²) in [6.45, 7) is 3.30. The van der Waals surface area contributed by atoms with Gasteiger partial charge in [0.1, 0.15) is 4.75 Å². The highest BCUT2D eigenvalue weighted by molar-refractivity contribution is 9.10. The molecule has 0 saturated carbocycles. The Morgan fingerprint density at radius 2 is 1.93 bits per heavy atom. The molecular formula is C9H12BrNO2S. The summed E-state index contributed by atoms with van der Waals surface area (Å²) in [5, 5.41) is 0. The van der Waals surface area contributed by atoms with Crippen LogP contribution in [0.2, 0.25) is 0 Å². The molecule has 0 fully saturated rings. The molecule has 14 heavy (non-hydrogen) atoms. The normalized spacial score (nSPS) is 12.9. The van der Waals surface area contributed by atoms with Crippen LogP contribution in [0.25, 0.3) is 0 Å². The lowest BCUT2D eigenvalue weighted by Gasteiger charge is -2.21. The van der Waals surface area contributed by atoms with Crippen molar-refractivity contribution in [2.24, 2.45) is 0 Å². The van der Waals surface area contributed by atoms with Crippen molar-refractivity contribution in [2.45, 2.75) is 18.6 Å². The quantitative estimate of drug-likeness (QED) is 0.832. The summed E-state index contributed by atoms with van der Waals surface area (Å²) in [6.07, 6.45) is 2.82. The first-order chi connectivity index (χ1) is 6.25. The zero-order chi connectivity index (χ0) is 11.0. The number of sulfone groups is 1. The molecule has 3 nitrogen and oxygen atoms in total. The predicted molar refractivity (Wildman–Crippen MR) is 59.8 cm³/mol. The highest BCUT2D eigenvalue weighted by Crippen LogP contribution is 2.27. The van der Waals surface area contributed by atoms with Crippen LogP contribution >= 0.6 is 15.9 Å². The Kier molecular flexibility index (Phi) is 3.02. The van der Waals surface area contributed by atoms with Crippen molar-refractivity contribution >= 4 is 25.8 Å². The SMILES string of the molecule is CC(C)(c1ccc(Br)cn1)S(C)(=O)=O. The maximum Gasteiger partial charge on any atom is 0.158 e. The van der Waals surface area contributed by atoms with Gasteiger partial charge in [-0.25, -0.2) is 8.42 Å². The number of aromatic nitrogens is 1. The van der Waals surface area contributed by atoms with Crippen molar-refractivity contribution in [3.63, 3.8) is 0 Å². The average molecular weight is 278 g/mol. The van der Waals surface area contributed by atoms with Crippen LogP contribution in [0.4, 0.5) is 0 Å². The van der Waals surface area contributed by atoms with Crippen LogP contribution in [-0.4, -0.2) is 19.7 Å². The molecule has 0 aromatic carbocycles. The molecule has 0 N–H and O–H groups in total. The van der Waals surface area contributed by atoms with E-state index in [1.807, 2.05) is 0 Å². The summed E-state index contributed by atoms with van der Waals surface area (Å²) >= 11 is 3.25. The first-order valence-electron chi connectivity index (χ1n) is 4.07. The minimum Gasteiger partial charge on any atom is -0.258 e. The first-order valence-corrected chi connectivity index (χ1v) is 6.75. The smallest absolute Gasteiger partial charge is 0.158 e. The maximum absolute atomic E-state index is 11.5. The van der Waals surface area contributed by atoms with E-state index in [1.165, 1.54) is 6.26 Å². The zero-order valence-corrected chi connectivity index (χ0v) is 10.7. The van der Waals surface area contributed by atoms with E-state index in [-0.39, 0.29) is 0 Å². The first kappa shape index (κ1) is 11.7. The van der Waals surface area contributed by atoms with E-state index >= 15 is 0 Å². The van der Waals surface area contributed by atoms with E-state index in [0.29, 0.717) is 5.69 Å². The van der Waals surface area contributed by atoms with Gasteiger partial charge < -0.3 is 0 Å². The molecule has 0 saturated heterocycles. The minimum atomic E-state index is -3.15. The highest BCUT2D eigenvalue weighted by Gasteiger charge is 2.33. The lowest BCUT2D eigenvalue weighted by molar-refractivity contribution is 0.556. The van der Waals surface area contributed by atoms with Crippen LogP contribution < -0.4 is 0 Å². The van der Waals surface area contributed by atoms with E-state index in [4.69, 9.17) is 0 Å². The molecule has 0 aliphatic rings. The van der Waals surface area contributed by atoms with Gasteiger partial charge in [0.05, 0.1) is 5.69 Å². The monoisotopic (exact) mass is 277 g/mol. The van der Waals surface area contributed by atoms with Crippen LogP contribution in [-0.2, 0) is 14.6 Å². The lowest BCUT2D eigenvalue weighted by Crippen LogP contribution is -2.29. The van der Waals surface area contributed by atoms with E-state index < -0.39 is 14.6 Å². The molecule has 1 aromatic heterocycles. The zero-order valence-electron chi connectivity index (χ0n) is 8.28. The van der Waals surface area contributed by atoms with Crippen LogP contribution in [0.5, 0.6) is 0 Å². The number of rotatable bonds is 2. The van der Waals surface area contributed by atoms with Gasteiger partial charge in [-0.1, -0.05) is 0 Å². The molecule has 5 heteroatoms. The number of pyridine rings is 1. The van der Waals surface area contributed by atoms with Gasteiger partial charge in [-0.05, 0) is 41.9 Å². The van der Waals surface area contributed by atoms with Crippen LogP contribution in [0.3, 0.4) is 0 Å². The van der Waals surface area contributed by atoms with Gasteiger partial charge in [0.2, 0.25) is 0 Å². The Bertz CT molecular complexity index is 423. The van der Waals surface area contributed by atoms with E-state index in [2.05, 4.69) is 20.9 Å². The fraction of sp³-hybridized carbons (Fsp3) is 0.444. The second-order valence-corrected chi connectivity index (χ2v) is 7.12.